The van der Waals surface area contributed by atoms with E-state index in [0.717, 1.165) is 12.8 Å². The summed E-state index contributed by atoms with van der Waals surface area (Å²) in [7, 11) is -1.71. The normalized spacial score (nSPS) is 14.5. The molecule has 4 nitrogen and oxygen atoms in total. The molecular formula is C27H33O4P. The number of unbranched alkanes of at least 4 members (excludes halogenated alkanes) is 1. The van der Waals surface area contributed by atoms with Crippen LogP contribution in [0.1, 0.15) is 44.3 Å². The molecule has 0 aliphatic rings. The second-order valence-electron chi connectivity index (χ2n) is 8.15. The molecule has 0 radical (unpaired) electrons. The highest BCUT2D eigenvalue weighted by atomic mass is 31.2. The lowest BCUT2D eigenvalue weighted by molar-refractivity contribution is 0.110. The molecule has 0 spiro atoms. The molecule has 0 aromatic heterocycles. The lowest BCUT2D eigenvalue weighted by Gasteiger charge is -2.34. The minimum atomic E-state index is -3.30. The molecule has 3 aromatic rings. The van der Waals surface area contributed by atoms with Gasteiger partial charge in [-0.1, -0.05) is 92.6 Å². The Labute approximate surface area is 191 Å². The van der Waals surface area contributed by atoms with Crippen molar-refractivity contribution in [1.82, 2.24) is 0 Å². The van der Waals surface area contributed by atoms with E-state index >= 15 is 0 Å². The minimum Gasteiger partial charge on any atom is -0.497 e. The Morgan fingerprint density at radius 3 is 1.84 bits per heavy atom. The molecule has 0 aliphatic carbocycles. The van der Waals surface area contributed by atoms with Crippen molar-refractivity contribution in [3.63, 3.8) is 0 Å². The zero-order valence-electron chi connectivity index (χ0n) is 18.8. The highest BCUT2D eigenvalue weighted by molar-refractivity contribution is 7.79. The summed E-state index contributed by atoms with van der Waals surface area (Å²) in [5.41, 5.74) is -0.0156. The number of ether oxygens (including phenoxy) is 1. The fourth-order valence-corrected chi connectivity index (χ4v) is 7.57. The van der Waals surface area contributed by atoms with Gasteiger partial charge in [-0.3, -0.25) is 0 Å². The summed E-state index contributed by atoms with van der Waals surface area (Å²) in [4.78, 5) is 0. The Hall–Kier alpha value is -2.39. The molecule has 0 aliphatic heterocycles. The van der Waals surface area contributed by atoms with Crippen LogP contribution in [0.4, 0.5) is 0 Å². The summed E-state index contributed by atoms with van der Waals surface area (Å²) in [5, 5.41) is 23.8. The molecule has 3 atom stereocenters. The highest BCUT2D eigenvalue weighted by Gasteiger charge is 2.42. The number of methoxy groups -OCH3 is 1. The number of hydrogen-bond acceptors (Lipinski definition) is 4. The monoisotopic (exact) mass is 452 g/mol. The van der Waals surface area contributed by atoms with E-state index in [0.29, 0.717) is 28.3 Å². The van der Waals surface area contributed by atoms with E-state index < -0.39 is 25.0 Å². The largest absolute Gasteiger partial charge is 0.497 e. The Balaban J connectivity index is 2.11. The van der Waals surface area contributed by atoms with Gasteiger partial charge in [-0.05, 0) is 30.5 Å². The smallest absolute Gasteiger partial charge is 0.149 e. The van der Waals surface area contributed by atoms with Gasteiger partial charge in [-0.25, -0.2) is 0 Å². The number of aliphatic hydroxyl groups excluding tert-OH is 2. The Bertz CT molecular complexity index is 946. The Morgan fingerprint density at radius 2 is 1.38 bits per heavy atom. The molecular weight excluding hydrogens is 419 g/mol. The van der Waals surface area contributed by atoms with Crippen LogP contribution < -0.4 is 15.3 Å². The van der Waals surface area contributed by atoms with Crippen LogP contribution in [0.25, 0.3) is 0 Å². The van der Waals surface area contributed by atoms with Gasteiger partial charge in [0.2, 0.25) is 0 Å². The average molecular weight is 453 g/mol. The van der Waals surface area contributed by atoms with Crippen LogP contribution in [-0.4, -0.2) is 29.1 Å². The highest BCUT2D eigenvalue weighted by Crippen LogP contribution is 2.55. The summed E-state index contributed by atoms with van der Waals surface area (Å²) in [6, 6.07) is 25.9. The first-order valence-corrected chi connectivity index (χ1v) is 13.0. The SMILES string of the molecule is CCCC[C@@H](O)C[C@@H]([C@H](O)c1ccc(OC)cc1)P(=O)(c1ccccc1)c1ccccc1. The van der Waals surface area contributed by atoms with Gasteiger partial charge in [0.15, 0.2) is 0 Å². The van der Waals surface area contributed by atoms with Crippen LogP contribution in [0, 0.1) is 0 Å². The van der Waals surface area contributed by atoms with E-state index in [4.69, 9.17) is 4.74 Å². The van der Waals surface area contributed by atoms with Crippen molar-refractivity contribution in [2.45, 2.75) is 50.5 Å². The third-order valence-corrected chi connectivity index (χ3v) is 9.53. The van der Waals surface area contributed by atoms with Crippen molar-refractivity contribution in [3.8, 4) is 5.75 Å². The molecule has 2 N–H and O–H groups in total. The van der Waals surface area contributed by atoms with Crippen LogP contribution in [0.2, 0.25) is 0 Å². The number of benzene rings is 3. The van der Waals surface area contributed by atoms with Gasteiger partial charge in [-0.2, -0.15) is 0 Å². The maximum atomic E-state index is 15.0. The predicted octanol–water partition coefficient (Wildman–Crippen LogP) is 5.05. The molecule has 3 rings (SSSR count). The van der Waals surface area contributed by atoms with Crippen molar-refractivity contribution in [2.75, 3.05) is 7.11 Å². The molecule has 5 heteroatoms. The molecule has 0 heterocycles. The second kappa shape index (κ2) is 11.5. The van der Waals surface area contributed by atoms with E-state index in [2.05, 4.69) is 6.92 Å². The lowest BCUT2D eigenvalue weighted by Crippen LogP contribution is -2.33. The molecule has 0 unspecified atom stereocenters. The first-order chi connectivity index (χ1) is 15.5. The van der Waals surface area contributed by atoms with E-state index in [1.54, 1.807) is 31.4 Å². The van der Waals surface area contributed by atoms with Gasteiger partial charge in [0.1, 0.15) is 12.9 Å². The first kappa shape index (κ1) is 24.3. The van der Waals surface area contributed by atoms with Crippen molar-refractivity contribution < 1.29 is 19.5 Å². The van der Waals surface area contributed by atoms with Gasteiger partial charge in [0, 0.05) is 10.6 Å². The quantitative estimate of drug-likeness (QED) is 0.400. The van der Waals surface area contributed by atoms with Gasteiger partial charge in [0.25, 0.3) is 0 Å². The maximum Gasteiger partial charge on any atom is 0.149 e. The molecule has 0 fully saturated rings. The second-order valence-corrected chi connectivity index (χ2v) is 11.2. The zero-order chi connectivity index (χ0) is 23.0. The molecule has 0 amide bonds. The summed E-state index contributed by atoms with van der Waals surface area (Å²) < 4.78 is 20.2. The molecule has 0 saturated heterocycles. The van der Waals surface area contributed by atoms with Crippen LogP contribution in [0.5, 0.6) is 5.75 Å². The van der Waals surface area contributed by atoms with Gasteiger partial charge in [-0.15, -0.1) is 0 Å². The first-order valence-electron chi connectivity index (χ1n) is 11.2. The van der Waals surface area contributed by atoms with Gasteiger partial charge in [0.05, 0.1) is 25.0 Å². The standard InChI is InChI=1S/C27H33O4P/c1-3-4-11-22(28)20-26(27(29)21-16-18-23(31-2)19-17-21)32(30,24-12-7-5-8-13-24)25-14-9-6-10-15-25/h5-10,12-19,22,26-29H,3-4,11,20H2,1-2H3/t22-,26+,27-/m1/s1. The van der Waals surface area contributed by atoms with Crippen LogP contribution >= 0.6 is 7.14 Å². The number of aliphatic hydroxyl groups is 2. The van der Waals surface area contributed by atoms with Crippen molar-refractivity contribution in [3.05, 3.63) is 90.5 Å². The molecule has 0 saturated carbocycles. The predicted molar refractivity (Wildman–Crippen MR) is 132 cm³/mol. The van der Waals surface area contributed by atoms with Crippen molar-refractivity contribution in [2.24, 2.45) is 0 Å². The Morgan fingerprint density at radius 1 is 0.844 bits per heavy atom. The third kappa shape index (κ3) is 5.50. The van der Waals surface area contributed by atoms with Gasteiger partial charge < -0.3 is 19.5 Å². The van der Waals surface area contributed by atoms with E-state index in [1.165, 1.54) is 0 Å². The van der Waals surface area contributed by atoms with Gasteiger partial charge >= 0.3 is 0 Å². The minimum absolute atomic E-state index is 0.244. The summed E-state index contributed by atoms with van der Waals surface area (Å²) in [6.07, 6.45) is 1.06. The summed E-state index contributed by atoms with van der Waals surface area (Å²) >= 11 is 0. The molecule has 3 aromatic carbocycles. The van der Waals surface area contributed by atoms with Crippen molar-refractivity contribution in [1.29, 1.82) is 0 Å². The molecule has 170 valence electrons. The Kier molecular flexibility index (Phi) is 8.69. The van der Waals surface area contributed by atoms with E-state index in [9.17, 15) is 14.8 Å². The number of rotatable bonds is 11. The van der Waals surface area contributed by atoms with E-state index in [1.807, 2.05) is 60.7 Å². The maximum absolute atomic E-state index is 15.0. The van der Waals surface area contributed by atoms with Crippen LogP contribution in [0.15, 0.2) is 84.9 Å². The summed E-state index contributed by atoms with van der Waals surface area (Å²) in [6.45, 7) is 2.08. The van der Waals surface area contributed by atoms with Crippen molar-refractivity contribution >= 4 is 17.8 Å². The number of hydrogen-bond donors (Lipinski definition) is 2. The third-order valence-electron chi connectivity index (χ3n) is 5.97. The molecule has 32 heavy (non-hydrogen) atoms. The fourth-order valence-electron chi connectivity index (χ4n) is 4.17. The fraction of sp³-hybridized carbons (Fsp3) is 0.333. The average Bonchev–Trinajstić information content (AvgIpc) is 2.86. The lowest BCUT2D eigenvalue weighted by atomic mass is 10.00. The zero-order valence-corrected chi connectivity index (χ0v) is 19.7. The van der Waals surface area contributed by atoms with Crippen LogP contribution in [0.3, 0.4) is 0 Å². The van der Waals surface area contributed by atoms with Crippen LogP contribution in [-0.2, 0) is 4.57 Å². The molecule has 0 bridgehead atoms. The van der Waals surface area contributed by atoms with E-state index in [-0.39, 0.29) is 6.42 Å². The summed E-state index contributed by atoms with van der Waals surface area (Å²) in [5.74, 6) is 0.690. The topological polar surface area (TPSA) is 66.8 Å².